The molecule has 1 aliphatic heterocycles. The molecular weight excluding hydrogens is 272 g/mol. The summed E-state index contributed by atoms with van der Waals surface area (Å²) in [6.45, 7) is 4.50. The maximum Gasteiger partial charge on any atom is 0.246 e. The monoisotopic (exact) mass is 292 g/mol. The Morgan fingerprint density at radius 2 is 2.15 bits per heavy atom. The molecule has 3 rings (SSSR count). The standard InChI is InChI=1S/C15H20N2O2S/c1-3-10-6-7-20-12(10)8-17-9(2)14(18)16-13(15(17)19)11-4-5-11/h6-7,9,11,13H,3-5,8H2,1-2H3,(H,16,18). The maximum absolute atomic E-state index is 12.6. The van der Waals surface area contributed by atoms with Gasteiger partial charge in [-0.15, -0.1) is 11.3 Å². The fourth-order valence-electron chi connectivity index (χ4n) is 2.79. The van der Waals surface area contributed by atoms with Crippen LogP contribution in [-0.4, -0.2) is 28.8 Å². The summed E-state index contributed by atoms with van der Waals surface area (Å²) in [4.78, 5) is 27.6. The summed E-state index contributed by atoms with van der Waals surface area (Å²) in [5.41, 5.74) is 1.28. The van der Waals surface area contributed by atoms with Crippen molar-refractivity contribution in [2.75, 3.05) is 0 Å². The number of aryl methyl sites for hydroxylation is 1. The van der Waals surface area contributed by atoms with Crippen LogP contribution in [0.25, 0.3) is 0 Å². The van der Waals surface area contributed by atoms with Crippen molar-refractivity contribution in [3.05, 3.63) is 21.9 Å². The van der Waals surface area contributed by atoms with Crippen molar-refractivity contribution < 1.29 is 9.59 Å². The van der Waals surface area contributed by atoms with Gasteiger partial charge < -0.3 is 10.2 Å². The number of nitrogens with one attached hydrogen (secondary N) is 1. The van der Waals surface area contributed by atoms with Crippen LogP contribution in [0, 0.1) is 5.92 Å². The number of amides is 2. The molecule has 108 valence electrons. The highest BCUT2D eigenvalue weighted by Crippen LogP contribution is 2.35. The SMILES string of the molecule is CCc1ccsc1CN1C(=O)C(C2CC2)NC(=O)C1C. The van der Waals surface area contributed by atoms with Gasteiger partial charge in [0.25, 0.3) is 0 Å². The van der Waals surface area contributed by atoms with E-state index in [1.165, 1.54) is 10.4 Å². The molecule has 2 fully saturated rings. The molecule has 4 nitrogen and oxygen atoms in total. The molecule has 1 N–H and O–H groups in total. The highest BCUT2D eigenvalue weighted by atomic mass is 32.1. The van der Waals surface area contributed by atoms with Crippen molar-refractivity contribution in [3.8, 4) is 0 Å². The number of carbonyl (C=O) groups is 2. The van der Waals surface area contributed by atoms with E-state index in [0.717, 1.165) is 19.3 Å². The van der Waals surface area contributed by atoms with Gasteiger partial charge in [-0.05, 0) is 49.1 Å². The van der Waals surface area contributed by atoms with Crippen LogP contribution < -0.4 is 5.32 Å². The van der Waals surface area contributed by atoms with Crippen LogP contribution in [0.3, 0.4) is 0 Å². The van der Waals surface area contributed by atoms with E-state index in [9.17, 15) is 9.59 Å². The zero-order valence-corrected chi connectivity index (χ0v) is 12.7. The molecule has 2 atom stereocenters. The van der Waals surface area contributed by atoms with E-state index in [4.69, 9.17) is 0 Å². The Labute approximate surface area is 123 Å². The summed E-state index contributed by atoms with van der Waals surface area (Å²) in [7, 11) is 0. The van der Waals surface area contributed by atoms with Gasteiger partial charge in [-0.25, -0.2) is 0 Å². The van der Waals surface area contributed by atoms with Gasteiger partial charge in [0.05, 0.1) is 6.54 Å². The fourth-order valence-corrected chi connectivity index (χ4v) is 3.76. The molecule has 5 heteroatoms. The fraction of sp³-hybridized carbons (Fsp3) is 0.600. The maximum atomic E-state index is 12.6. The van der Waals surface area contributed by atoms with Crippen LogP contribution in [0.2, 0.25) is 0 Å². The Bertz CT molecular complexity index is 536. The molecule has 0 spiro atoms. The van der Waals surface area contributed by atoms with Crippen LogP contribution in [0.4, 0.5) is 0 Å². The predicted molar refractivity (Wildman–Crippen MR) is 78.4 cm³/mol. The topological polar surface area (TPSA) is 49.4 Å². The predicted octanol–water partition coefficient (Wildman–Crippen LogP) is 1.94. The summed E-state index contributed by atoms with van der Waals surface area (Å²) in [5.74, 6) is 0.432. The molecule has 1 aliphatic carbocycles. The number of hydrogen-bond acceptors (Lipinski definition) is 3. The van der Waals surface area contributed by atoms with Gasteiger partial charge in [0.2, 0.25) is 11.8 Å². The van der Waals surface area contributed by atoms with Crippen LogP contribution in [0.1, 0.15) is 37.1 Å². The zero-order valence-electron chi connectivity index (χ0n) is 11.9. The van der Waals surface area contributed by atoms with Crippen molar-refractivity contribution >= 4 is 23.2 Å². The third-order valence-corrected chi connectivity index (χ3v) is 5.27. The van der Waals surface area contributed by atoms with Gasteiger partial charge in [0.1, 0.15) is 12.1 Å². The number of hydrogen-bond donors (Lipinski definition) is 1. The number of nitrogens with zero attached hydrogens (tertiary/aromatic N) is 1. The second-order valence-corrected chi connectivity index (χ2v) is 6.69. The van der Waals surface area contributed by atoms with Gasteiger partial charge in [-0.3, -0.25) is 9.59 Å². The van der Waals surface area contributed by atoms with E-state index in [1.54, 1.807) is 16.2 Å². The summed E-state index contributed by atoms with van der Waals surface area (Å²) in [6.07, 6.45) is 3.07. The van der Waals surface area contributed by atoms with Crippen molar-refractivity contribution in [2.45, 2.75) is 51.7 Å². The lowest BCUT2D eigenvalue weighted by molar-refractivity contribution is -0.149. The average Bonchev–Trinajstić information content (AvgIpc) is 3.18. The minimum Gasteiger partial charge on any atom is -0.342 e. The summed E-state index contributed by atoms with van der Waals surface area (Å²) in [5, 5.41) is 4.95. The van der Waals surface area contributed by atoms with E-state index in [0.29, 0.717) is 12.5 Å². The quantitative estimate of drug-likeness (QED) is 0.922. The first-order valence-electron chi connectivity index (χ1n) is 7.28. The second kappa shape index (κ2) is 5.20. The molecule has 0 aromatic carbocycles. The lowest BCUT2D eigenvalue weighted by Gasteiger charge is -2.37. The largest absolute Gasteiger partial charge is 0.342 e. The molecule has 1 saturated carbocycles. The van der Waals surface area contributed by atoms with Crippen LogP contribution in [0.15, 0.2) is 11.4 Å². The van der Waals surface area contributed by atoms with Gasteiger partial charge in [-0.2, -0.15) is 0 Å². The molecule has 2 aliphatic rings. The lowest BCUT2D eigenvalue weighted by atomic mass is 10.0. The van der Waals surface area contributed by atoms with E-state index < -0.39 is 0 Å². The van der Waals surface area contributed by atoms with Gasteiger partial charge in [0.15, 0.2) is 0 Å². The van der Waals surface area contributed by atoms with Crippen LogP contribution >= 0.6 is 11.3 Å². The molecule has 20 heavy (non-hydrogen) atoms. The summed E-state index contributed by atoms with van der Waals surface area (Å²) < 4.78 is 0. The molecule has 2 amide bonds. The zero-order chi connectivity index (χ0) is 14.3. The summed E-state index contributed by atoms with van der Waals surface area (Å²) >= 11 is 1.67. The third-order valence-electron chi connectivity index (χ3n) is 4.32. The molecule has 2 heterocycles. The van der Waals surface area contributed by atoms with Gasteiger partial charge in [0, 0.05) is 4.88 Å². The molecule has 1 saturated heterocycles. The van der Waals surface area contributed by atoms with Gasteiger partial charge in [-0.1, -0.05) is 6.92 Å². The number of carbonyl (C=O) groups excluding carboxylic acids is 2. The minimum absolute atomic E-state index is 0.0175. The molecule has 0 bridgehead atoms. The molecule has 2 unspecified atom stereocenters. The Morgan fingerprint density at radius 1 is 1.40 bits per heavy atom. The first kappa shape index (κ1) is 13.6. The average molecular weight is 292 g/mol. The number of rotatable bonds is 4. The Kier molecular flexibility index (Phi) is 3.54. The highest BCUT2D eigenvalue weighted by Gasteiger charge is 2.45. The first-order valence-corrected chi connectivity index (χ1v) is 8.16. The van der Waals surface area contributed by atoms with E-state index in [-0.39, 0.29) is 23.9 Å². The smallest absolute Gasteiger partial charge is 0.246 e. The Morgan fingerprint density at radius 3 is 2.80 bits per heavy atom. The van der Waals surface area contributed by atoms with Crippen LogP contribution in [-0.2, 0) is 22.6 Å². The van der Waals surface area contributed by atoms with E-state index in [2.05, 4.69) is 23.7 Å². The molecular formula is C15H20N2O2S. The van der Waals surface area contributed by atoms with Crippen molar-refractivity contribution in [1.29, 1.82) is 0 Å². The molecule has 0 radical (unpaired) electrons. The number of thiophene rings is 1. The highest BCUT2D eigenvalue weighted by molar-refractivity contribution is 7.10. The molecule has 1 aromatic rings. The van der Waals surface area contributed by atoms with Crippen molar-refractivity contribution in [1.82, 2.24) is 10.2 Å². The third kappa shape index (κ3) is 2.35. The number of piperazine rings is 1. The first-order chi connectivity index (χ1) is 9.61. The van der Waals surface area contributed by atoms with Crippen molar-refractivity contribution in [2.24, 2.45) is 5.92 Å². The lowest BCUT2D eigenvalue weighted by Crippen LogP contribution is -2.62. The van der Waals surface area contributed by atoms with E-state index >= 15 is 0 Å². The van der Waals surface area contributed by atoms with Crippen LogP contribution in [0.5, 0.6) is 0 Å². The Hall–Kier alpha value is -1.36. The minimum atomic E-state index is -0.371. The molecule has 1 aromatic heterocycles. The Balaban J connectivity index is 1.81. The normalized spacial score (nSPS) is 26.8. The second-order valence-electron chi connectivity index (χ2n) is 5.69. The van der Waals surface area contributed by atoms with Gasteiger partial charge >= 0.3 is 0 Å². The van der Waals surface area contributed by atoms with E-state index in [1.807, 2.05) is 6.92 Å². The van der Waals surface area contributed by atoms with Crippen molar-refractivity contribution in [3.63, 3.8) is 0 Å². The summed E-state index contributed by atoms with van der Waals surface area (Å²) in [6, 6.07) is 1.45.